The molecule has 0 heterocycles. The summed E-state index contributed by atoms with van der Waals surface area (Å²) in [5.41, 5.74) is 6.55. The van der Waals surface area contributed by atoms with Gasteiger partial charge >= 0.3 is 0 Å². The second-order valence-electron chi connectivity index (χ2n) is 4.38. The van der Waals surface area contributed by atoms with Gasteiger partial charge in [-0.15, -0.1) is 12.4 Å². The zero-order chi connectivity index (χ0) is 14.3. The molecule has 0 radical (unpaired) electrons. The van der Waals surface area contributed by atoms with E-state index in [1.54, 1.807) is 7.11 Å². The maximum atomic E-state index is 11.9. The van der Waals surface area contributed by atoms with E-state index >= 15 is 0 Å². The molecule has 2 unspecified atom stereocenters. The molecule has 20 heavy (non-hydrogen) atoms. The van der Waals surface area contributed by atoms with Crippen LogP contribution in [0.2, 0.25) is 5.02 Å². The molecule has 0 aliphatic heterocycles. The second-order valence-corrected chi connectivity index (χ2v) is 4.81. The largest absolute Gasteiger partial charge is 0.380 e. The molecule has 1 rings (SSSR count). The summed E-state index contributed by atoms with van der Waals surface area (Å²) in [6.07, 6.45) is 0.854. The van der Waals surface area contributed by atoms with Crippen molar-refractivity contribution in [3.05, 3.63) is 34.9 Å². The predicted molar refractivity (Wildman–Crippen MR) is 84.3 cm³/mol. The fourth-order valence-corrected chi connectivity index (χ4v) is 1.97. The fraction of sp³-hybridized carbons (Fsp3) is 0.500. The third-order valence-corrected chi connectivity index (χ3v) is 3.28. The lowest BCUT2D eigenvalue weighted by Gasteiger charge is -2.19. The maximum absolute atomic E-state index is 11.9. The van der Waals surface area contributed by atoms with Gasteiger partial charge in [0.2, 0.25) is 5.91 Å². The van der Waals surface area contributed by atoms with Crippen LogP contribution in [0.5, 0.6) is 0 Å². The zero-order valence-corrected chi connectivity index (χ0v) is 13.3. The highest BCUT2D eigenvalue weighted by Gasteiger charge is 2.16. The van der Waals surface area contributed by atoms with Gasteiger partial charge in [0.1, 0.15) is 0 Å². The number of nitrogens with one attached hydrogen (secondary N) is 1. The van der Waals surface area contributed by atoms with E-state index < -0.39 is 0 Å². The summed E-state index contributed by atoms with van der Waals surface area (Å²) >= 11 is 5.85. The van der Waals surface area contributed by atoms with E-state index in [1.807, 2.05) is 31.2 Å². The average Bonchev–Trinajstić information content (AvgIpc) is 2.43. The molecule has 1 amide bonds. The van der Waals surface area contributed by atoms with Crippen LogP contribution in [0.15, 0.2) is 24.3 Å². The van der Waals surface area contributed by atoms with Gasteiger partial charge in [-0.05, 0) is 24.1 Å². The SMILES string of the molecule is CCC(NC(=O)CC(CN)OC)c1ccc(Cl)cc1.Cl. The third-order valence-electron chi connectivity index (χ3n) is 3.03. The topological polar surface area (TPSA) is 64.4 Å². The minimum Gasteiger partial charge on any atom is -0.380 e. The zero-order valence-electron chi connectivity index (χ0n) is 11.8. The lowest BCUT2D eigenvalue weighted by Crippen LogP contribution is -2.34. The van der Waals surface area contributed by atoms with Crippen LogP contribution in [0, 0.1) is 0 Å². The lowest BCUT2D eigenvalue weighted by molar-refractivity contribution is -0.124. The number of amides is 1. The molecule has 0 aliphatic rings. The Morgan fingerprint density at radius 1 is 1.40 bits per heavy atom. The predicted octanol–water partition coefficient (Wildman–Crippen LogP) is 2.69. The highest BCUT2D eigenvalue weighted by Crippen LogP contribution is 2.19. The normalized spacial score (nSPS) is 13.2. The molecule has 0 fully saturated rings. The molecule has 0 bridgehead atoms. The van der Waals surface area contributed by atoms with Gasteiger partial charge in [0.15, 0.2) is 0 Å². The Kier molecular flexibility index (Phi) is 9.59. The summed E-state index contributed by atoms with van der Waals surface area (Å²) in [4.78, 5) is 11.9. The van der Waals surface area contributed by atoms with Gasteiger partial charge in [-0.3, -0.25) is 4.79 Å². The number of benzene rings is 1. The Bertz CT molecular complexity index is 395. The van der Waals surface area contributed by atoms with Crippen molar-refractivity contribution >= 4 is 29.9 Å². The number of rotatable bonds is 7. The molecule has 0 spiro atoms. The quantitative estimate of drug-likeness (QED) is 0.811. The van der Waals surface area contributed by atoms with E-state index in [4.69, 9.17) is 22.1 Å². The highest BCUT2D eigenvalue weighted by molar-refractivity contribution is 6.30. The van der Waals surface area contributed by atoms with Crippen LogP contribution < -0.4 is 11.1 Å². The number of nitrogens with two attached hydrogens (primary N) is 1. The maximum Gasteiger partial charge on any atom is 0.223 e. The van der Waals surface area contributed by atoms with E-state index in [0.29, 0.717) is 11.6 Å². The van der Waals surface area contributed by atoms with Crippen molar-refractivity contribution in [1.29, 1.82) is 0 Å². The first kappa shape index (κ1) is 19.2. The molecular formula is C14H22Cl2N2O2. The molecule has 114 valence electrons. The van der Waals surface area contributed by atoms with Gasteiger partial charge < -0.3 is 15.8 Å². The summed E-state index contributed by atoms with van der Waals surface area (Å²) in [7, 11) is 1.56. The summed E-state index contributed by atoms with van der Waals surface area (Å²) in [5, 5.41) is 3.67. The van der Waals surface area contributed by atoms with Crippen LogP contribution in [0.25, 0.3) is 0 Å². The second kappa shape index (κ2) is 10.00. The molecule has 0 aliphatic carbocycles. The molecule has 1 aromatic carbocycles. The Hall–Kier alpha value is -0.810. The van der Waals surface area contributed by atoms with Crippen LogP contribution in [-0.4, -0.2) is 25.7 Å². The van der Waals surface area contributed by atoms with E-state index in [-0.39, 0.29) is 36.9 Å². The van der Waals surface area contributed by atoms with Crippen molar-refractivity contribution in [3.8, 4) is 0 Å². The van der Waals surface area contributed by atoms with Crippen molar-refractivity contribution < 1.29 is 9.53 Å². The standard InChI is InChI=1S/C14H21ClN2O2.ClH/c1-3-13(10-4-6-11(15)7-5-10)17-14(18)8-12(9-16)19-2;/h4-7,12-13H,3,8-9,16H2,1-2H3,(H,17,18);1H. The summed E-state index contributed by atoms with van der Waals surface area (Å²) in [5.74, 6) is -0.0564. The summed E-state index contributed by atoms with van der Waals surface area (Å²) < 4.78 is 5.10. The lowest BCUT2D eigenvalue weighted by atomic mass is 10.0. The molecule has 6 heteroatoms. The number of methoxy groups -OCH3 is 1. The van der Waals surface area contributed by atoms with Gasteiger partial charge in [0.05, 0.1) is 18.6 Å². The van der Waals surface area contributed by atoms with Crippen molar-refractivity contribution in [2.45, 2.75) is 31.9 Å². The molecule has 4 nitrogen and oxygen atoms in total. The minimum atomic E-state index is -0.234. The molecule has 0 aromatic heterocycles. The number of carbonyl (C=O) groups excluding carboxylic acids is 1. The molecule has 2 atom stereocenters. The highest BCUT2D eigenvalue weighted by atomic mass is 35.5. The summed E-state index contributed by atoms with van der Waals surface area (Å²) in [6.45, 7) is 2.36. The van der Waals surface area contributed by atoms with Gasteiger partial charge in [0, 0.05) is 18.7 Å². The average molecular weight is 321 g/mol. The number of carbonyl (C=O) groups is 1. The van der Waals surface area contributed by atoms with Crippen molar-refractivity contribution in [1.82, 2.24) is 5.32 Å². The van der Waals surface area contributed by atoms with Crippen molar-refractivity contribution in [3.63, 3.8) is 0 Å². The summed E-state index contributed by atoms with van der Waals surface area (Å²) in [6, 6.07) is 7.48. The van der Waals surface area contributed by atoms with Gasteiger partial charge in [-0.1, -0.05) is 30.7 Å². The first-order valence-electron chi connectivity index (χ1n) is 6.38. The number of ether oxygens (including phenoxy) is 1. The van der Waals surface area contributed by atoms with E-state index in [2.05, 4.69) is 5.32 Å². The molecule has 0 saturated heterocycles. The number of halogens is 2. The van der Waals surface area contributed by atoms with Gasteiger partial charge in [0.25, 0.3) is 0 Å². The Morgan fingerprint density at radius 2 is 2.00 bits per heavy atom. The van der Waals surface area contributed by atoms with E-state index in [1.165, 1.54) is 0 Å². The Morgan fingerprint density at radius 3 is 2.45 bits per heavy atom. The smallest absolute Gasteiger partial charge is 0.223 e. The number of hydrogen-bond donors (Lipinski definition) is 2. The van der Waals surface area contributed by atoms with Gasteiger partial charge in [-0.25, -0.2) is 0 Å². The molecule has 1 aromatic rings. The van der Waals surface area contributed by atoms with E-state index in [0.717, 1.165) is 12.0 Å². The van der Waals surface area contributed by atoms with Crippen LogP contribution in [-0.2, 0) is 9.53 Å². The molecular weight excluding hydrogens is 299 g/mol. The third kappa shape index (κ3) is 6.09. The van der Waals surface area contributed by atoms with Crippen LogP contribution in [0.4, 0.5) is 0 Å². The monoisotopic (exact) mass is 320 g/mol. The first-order chi connectivity index (χ1) is 9.10. The number of hydrogen-bond acceptors (Lipinski definition) is 3. The van der Waals surface area contributed by atoms with Gasteiger partial charge in [-0.2, -0.15) is 0 Å². The molecule has 3 N–H and O–H groups in total. The first-order valence-corrected chi connectivity index (χ1v) is 6.76. The van der Waals surface area contributed by atoms with E-state index in [9.17, 15) is 4.79 Å². The fourth-order valence-electron chi connectivity index (χ4n) is 1.84. The van der Waals surface area contributed by atoms with Crippen LogP contribution in [0.1, 0.15) is 31.4 Å². The minimum absolute atomic E-state index is 0. The van der Waals surface area contributed by atoms with Crippen molar-refractivity contribution in [2.75, 3.05) is 13.7 Å². The van der Waals surface area contributed by atoms with Crippen LogP contribution >= 0.6 is 24.0 Å². The van der Waals surface area contributed by atoms with Crippen molar-refractivity contribution in [2.24, 2.45) is 5.73 Å². The van der Waals surface area contributed by atoms with Crippen LogP contribution in [0.3, 0.4) is 0 Å². The Balaban J connectivity index is 0.00000361. The Labute approximate surface area is 131 Å². The molecule has 0 saturated carbocycles.